The summed E-state index contributed by atoms with van der Waals surface area (Å²) in [6.07, 6.45) is -0.670. The van der Waals surface area contributed by atoms with Crippen LogP contribution in [0, 0.1) is 13.8 Å². The van der Waals surface area contributed by atoms with E-state index in [4.69, 9.17) is 9.47 Å². The highest BCUT2D eigenvalue weighted by atomic mass is 16.5. The van der Waals surface area contributed by atoms with Gasteiger partial charge in [0, 0.05) is 19.7 Å². The molecule has 0 saturated carbocycles. The van der Waals surface area contributed by atoms with E-state index in [0.29, 0.717) is 13.2 Å². The molecule has 2 N–H and O–H groups in total. The van der Waals surface area contributed by atoms with Crippen molar-refractivity contribution in [3.05, 3.63) is 34.9 Å². The van der Waals surface area contributed by atoms with E-state index >= 15 is 0 Å². The van der Waals surface area contributed by atoms with E-state index in [1.54, 1.807) is 7.11 Å². The predicted molar refractivity (Wildman–Crippen MR) is 81.2 cm³/mol. The molecule has 5 nitrogen and oxygen atoms in total. The van der Waals surface area contributed by atoms with Crippen LogP contribution in [0.15, 0.2) is 18.2 Å². The molecule has 0 aliphatic heterocycles. The molecule has 0 aromatic heterocycles. The van der Waals surface area contributed by atoms with Crippen LogP contribution in [0.25, 0.3) is 0 Å². The Labute approximate surface area is 126 Å². The van der Waals surface area contributed by atoms with Gasteiger partial charge in [0.05, 0.1) is 26.2 Å². The molecule has 0 bridgehead atoms. The predicted octanol–water partition coefficient (Wildman–Crippen LogP) is 1.50. The molecule has 0 amide bonds. The number of carbonyl (C=O) groups excluding carboxylic acids is 1. The molecular formula is C16H25NO4. The minimum absolute atomic E-state index is 0.106. The molecule has 0 aliphatic rings. The fourth-order valence-electron chi connectivity index (χ4n) is 2.28. The summed E-state index contributed by atoms with van der Waals surface area (Å²) >= 11 is 0. The highest BCUT2D eigenvalue weighted by Crippen LogP contribution is 2.23. The van der Waals surface area contributed by atoms with Crippen molar-refractivity contribution >= 4 is 5.97 Å². The molecule has 5 heteroatoms. The number of hydrogen-bond donors (Lipinski definition) is 2. The van der Waals surface area contributed by atoms with Crippen LogP contribution in [0.3, 0.4) is 0 Å². The van der Waals surface area contributed by atoms with Crippen molar-refractivity contribution in [2.75, 3.05) is 27.4 Å². The number of aliphatic hydroxyl groups excluding tert-OH is 1. The monoisotopic (exact) mass is 295 g/mol. The van der Waals surface area contributed by atoms with E-state index in [9.17, 15) is 9.90 Å². The van der Waals surface area contributed by atoms with Gasteiger partial charge in [0.2, 0.25) is 0 Å². The van der Waals surface area contributed by atoms with Crippen LogP contribution >= 0.6 is 0 Å². The van der Waals surface area contributed by atoms with E-state index in [-0.39, 0.29) is 12.4 Å². The van der Waals surface area contributed by atoms with E-state index in [1.807, 2.05) is 32.0 Å². The summed E-state index contributed by atoms with van der Waals surface area (Å²) in [5, 5.41) is 13.7. The maximum absolute atomic E-state index is 11.5. The zero-order valence-corrected chi connectivity index (χ0v) is 13.2. The average molecular weight is 295 g/mol. The molecule has 1 rings (SSSR count). The van der Waals surface area contributed by atoms with Crippen molar-refractivity contribution in [1.82, 2.24) is 5.32 Å². The van der Waals surface area contributed by atoms with Gasteiger partial charge in [-0.05, 0) is 25.0 Å². The van der Waals surface area contributed by atoms with Crippen molar-refractivity contribution < 1.29 is 19.4 Å². The first-order valence-corrected chi connectivity index (χ1v) is 7.04. The molecule has 0 aliphatic carbocycles. The number of rotatable bonds is 8. The van der Waals surface area contributed by atoms with Gasteiger partial charge in [-0.15, -0.1) is 0 Å². The summed E-state index contributed by atoms with van der Waals surface area (Å²) in [7, 11) is 2.95. The summed E-state index contributed by atoms with van der Waals surface area (Å²) in [5.74, 6) is -0.353. The number of aryl methyl sites for hydroxylation is 2. The largest absolute Gasteiger partial charge is 0.469 e. The lowest BCUT2D eigenvalue weighted by molar-refractivity contribution is -0.142. The van der Waals surface area contributed by atoms with Crippen LogP contribution in [-0.4, -0.2) is 44.5 Å². The number of esters is 1. The fraction of sp³-hybridized carbons (Fsp3) is 0.562. The van der Waals surface area contributed by atoms with Gasteiger partial charge in [0.1, 0.15) is 0 Å². The molecule has 0 saturated heterocycles. The second-order valence-corrected chi connectivity index (χ2v) is 5.14. The summed E-state index contributed by atoms with van der Waals surface area (Å²) in [5.41, 5.74) is 2.96. The number of ether oxygens (including phenoxy) is 2. The third-order valence-electron chi connectivity index (χ3n) is 3.45. The number of methoxy groups -OCH3 is 2. The first-order valence-electron chi connectivity index (χ1n) is 7.04. The lowest BCUT2D eigenvalue weighted by atomic mass is 9.94. The number of nitrogens with one attached hydrogen (secondary N) is 1. The smallest absolute Gasteiger partial charge is 0.307 e. The molecular weight excluding hydrogens is 270 g/mol. The van der Waals surface area contributed by atoms with Crippen molar-refractivity contribution in [1.29, 1.82) is 0 Å². The van der Waals surface area contributed by atoms with Gasteiger partial charge in [0.15, 0.2) is 0 Å². The van der Waals surface area contributed by atoms with Crippen molar-refractivity contribution in [3.8, 4) is 0 Å². The zero-order chi connectivity index (χ0) is 15.8. The Hall–Kier alpha value is -1.43. The summed E-state index contributed by atoms with van der Waals surface area (Å²) < 4.78 is 9.69. The SMILES string of the molecule is COCCNC(CC(=O)OC)C(O)c1ccc(C)cc1C. The Balaban J connectivity index is 2.86. The number of hydrogen-bond acceptors (Lipinski definition) is 5. The van der Waals surface area contributed by atoms with Gasteiger partial charge >= 0.3 is 5.97 Å². The standard InChI is InChI=1S/C16H25NO4/c1-11-5-6-13(12(2)9-11)16(19)14(10-15(18)21-4)17-7-8-20-3/h5-6,9,14,16-17,19H,7-8,10H2,1-4H3. The van der Waals surface area contributed by atoms with Crippen molar-refractivity contribution in [3.63, 3.8) is 0 Å². The van der Waals surface area contributed by atoms with Crippen molar-refractivity contribution in [2.45, 2.75) is 32.4 Å². The summed E-state index contributed by atoms with van der Waals surface area (Å²) in [6, 6.07) is 5.46. The Morgan fingerprint density at radius 1 is 1.33 bits per heavy atom. The van der Waals surface area contributed by atoms with E-state index < -0.39 is 12.1 Å². The number of benzene rings is 1. The highest BCUT2D eigenvalue weighted by Gasteiger charge is 2.24. The quantitative estimate of drug-likeness (QED) is 0.562. The molecule has 21 heavy (non-hydrogen) atoms. The second kappa shape index (κ2) is 8.77. The molecule has 2 unspecified atom stereocenters. The lowest BCUT2D eigenvalue weighted by Gasteiger charge is -2.25. The second-order valence-electron chi connectivity index (χ2n) is 5.14. The number of aliphatic hydroxyl groups is 1. The average Bonchev–Trinajstić information content (AvgIpc) is 2.45. The van der Waals surface area contributed by atoms with Crippen LogP contribution in [0.2, 0.25) is 0 Å². The fourth-order valence-corrected chi connectivity index (χ4v) is 2.28. The minimum Gasteiger partial charge on any atom is -0.469 e. The zero-order valence-electron chi connectivity index (χ0n) is 13.2. The third kappa shape index (κ3) is 5.46. The van der Waals surface area contributed by atoms with Gasteiger partial charge in [-0.25, -0.2) is 0 Å². The molecule has 2 atom stereocenters. The Bertz CT molecular complexity index is 462. The molecule has 0 spiro atoms. The van der Waals surface area contributed by atoms with Gasteiger partial charge in [-0.3, -0.25) is 4.79 Å². The third-order valence-corrected chi connectivity index (χ3v) is 3.45. The Kier molecular flexibility index (Phi) is 7.36. The van der Waals surface area contributed by atoms with Crippen LogP contribution < -0.4 is 5.32 Å². The molecule has 0 heterocycles. The minimum atomic E-state index is -0.776. The normalized spacial score (nSPS) is 13.8. The molecule has 118 valence electrons. The summed E-state index contributed by atoms with van der Waals surface area (Å²) in [6.45, 7) is 5.03. The van der Waals surface area contributed by atoms with Gasteiger partial charge in [0.25, 0.3) is 0 Å². The van der Waals surface area contributed by atoms with Crippen molar-refractivity contribution in [2.24, 2.45) is 0 Å². The van der Waals surface area contributed by atoms with Crippen LogP contribution in [0.4, 0.5) is 0 Å². The Morgan fingerprint density at radius 3 is 2.62 bits per heavy atom. The van der Waals surface area contributed by atoms with E-state index in [0.717, 1.165) is 16.7 Å². The van der Waals surface area contributed by atoms with E-state index in [1.165, 1.54) is 7.11 Å². The molecule has 0 radical (unpaired) electrons. The van der Waals surface area contributed by atoms with E-state index in [2.05, 4.69) is 5.32 Å². The highest BCUT2D eigenvalue weighted by molar-refractivity contribution is 5.70. The molecule has 1 aromatic rings. The van der Waals surface area contributed by atoms with Gasteiger partial charge in [-0.2, -0.15) is 0 Å². The first kappa shape index (κ1) is 17.6. The molecule has 1 aromatic carbocycles. The lowest BCUT2D eigenvalue weighted by Crippen LogP contribution is -2.39. The first-order chi connectivity index (χ1) is 9.99. The maximum Gasteiger partial charge on any atom is 0.307 e. The molecule has 0 fully saturated rings. The van der Waals surface area contributed by atoms with Crippen LogP contribution in [-0.2, 0) is 14.3 Å². The Morgan fingerprint density at radius 2 is 2.05 bits per heavy atom. The summed E-state index contributed by atoms with van der Waals surface area (Å²) in [4.78, 5) is 11.5. The number of carbonyl (C=O) groups is 1. The topological polar surface area (TPSA) is 67.8 Å². The van der Waals surface area contributed by atoms with Gasteiger partial charge in [-0.1, -0.05) is 23.8 Å². The van der Waals surface area contributed by atoms with Crippen LogP contribution in [0.1, 0.15) is 29.2 Å². The maximum atomic E-state index is 11.5. The van der Waals surface area contributed by atoms with Crippen LogP contribution in [0.5, 0.6) is 0 Å². The van der Waals surface area contributed by atoms with Gasteiger partial charge < -0.3 is 19.9 Å².